The Balaban J connectivity index is 0.000000241. The van der Waals surface area contributed by atoms with Gasteiger partial charge in [0, 0.05) is 25.6 Å². The Kier molecular flexibility index (Phi) is 37.8. The second-order valence-electron chi connectivity index (χ2n) is 24.4. The number of benzene rings is 6. The number of nitrogens with one attached hydrogen (secondary N) is 4. The summed E-state index contributed by atoms with van der Waals surface area (Å²) in [6.45, 7) is 18.5. The highest BCUT2D eigenvalue weighted by molar-refractivity contribution is 8.41. The Morgan fingerprint density at radius 2 is 0.798 bits per heavy atom. The maximum atomic E-state index is 11.0. The minimum absolute atomic E-state index is 0. The van der Waals surface area contributed by atoms with Crippen LogP contribution in [0.3, 0.4) is 0 Å². The van der Waals surface area contributed by atoms with E-state index < -0.39 is 39.8 Å². The fraction of sp³-hybridized carbons (Fsp3) is 0.486. The van der Waals surface area contributed by atoms with E-state index in [9.17, 15) is 41.6 Å². The molecule has 0 saturated carbocycles. The Morgan fingerprint density at radius 3 is 1.03 bits per heavy atom. The van der Waals surface area contributed by atoms with Gasteiger partial charge in [-0.25, -0.2) is 16.8 Å². The van der Waals surface area contributed by atoms with Gasteiger partial charge in [-0.1, -0.05) is 165 Å². The molecule has 0 aliphatic carbocycles. The van der Waals surface area contributed by atoms with E-state index in [0.717, 1.165) is 24.3 Å². The van der Waals surface area contributed by atoms with Gasteiger partial charge >= 0.3 is 0 Å². The molecule has 6 aromatic rings. The number of aryl methyl sites for hydroxylation is 2. The van der Waals surface area contributed by atoms with Gasteiger partial charge in [-0.15, -0.1) is 0 Å². The van der Waals surface area contributed by atoms with Crippen molar-refractivity contribution in [2.75, 3.05) is 79.3 Å². The van der Waals surface area contributed by atoms with Crippen molar-refractivity contribution in [3.63, 3.8) is 0 Å². The number of nitrogens with two attached hydrogens (primary N) is 3. The molecule has 26 nitrogen and oxygen atoms in total. The molecule has 0 bridgehead atoms. The van der Waals surface area contributed by atoms with E-state index in [2.05, 4.69) is 83.5 Å². The fourth-order valence-corrected chi connectivity index (χ4v) is 11.7. The van der Waals surface area contributed by atoms with Crippen LogP contribution in [-0.4, -0.2) is 199 Å². The molecule has 6 aromatic carbocycles. The lowest BCUT2D eigenvalue weighted by atomic mass is 10.1. The molecule has 7 heterocycles. The van der Waals surface area contributed by atoms with Crippen LogP contribution < -0.4 is 43.3 Å². The van der Waals surface area contributed by atoms with E-state index >= 15 is 0 Å². The molecule has 0 spiro atoms. The summed E-state index contributed by atoms with van der Waals surface area (Å²) in [6, 6.07) is 53.5. The number of ether oxygens (including phenoxy) is 7. The van der Waals surface area contributed by atoms with Crippen LogP contribution in [0.5, 0.6) is 0 Å². The van der Waals surface area contributed by atoms with Crippen molar-refractivity contribution in [3.05, 3.63) is 203 Å². The van der Waals surface area contributed by atoms with Crippen molar-refractivity contribution >= 4 is 27.6 Å². The van der Waals surface area contributed by atoms with Crippen LogP contribution in [0.15, 0.2) is 185 Å². The summed E-state index contributed by atoms with van der Waals surface area (Å²) in [5.74, 6) is 4.82. The van der Waals surface area contributed by atoms with Gasteiger partial charge in [0.15, 0.2) is 15.5 Å². The third-order valence-corrected chi connectivity index (χ3v) is 19.5. The molecule has 0 amide bonds. The van der Waals surface area contributed by atoms with Gasteiger partial charge in [-0.05, 0) is 88.1 Å². The van der Waals surface area contributed by atoms with Gasteiger partial charge in [0.25, 0.3) is 0 Å². The highest BCUT2D eigenvalue weighted by Crippen LogP contribution is 2.28. The predicted molar refractivity (Wildman–Crippen MR) is 375 cm³/mol. The quantitative estimate of drug-likeness (QED) is 0.0186. The third-order valence-electron chi connectivity index (χ3n) is 16.2. The van der Waals surface area contributed by atoms with Crippen molar-refractivity contribution < 1.29 is 91.5 Å². The lowest BCUT2D eigenvalue weighted by Crippen LogP contribution is -2.78. The van der Waals surface area contributed by atoms with E-state index in [4.69, 9.17) is 60.7 Å². The normalized spacial score (nSPS) is 26.1. The van der Waals surface area contributed by atoms with E-state index in [-0.39, 0.29) is 83.9 Å². The van der Waals surface area contributed by atoms with Crippen LogP contribution in [0.25, 0.3) is 0 Å². The number of rotatable bonds is 14. The number of hydrogen-bond donors (Lipinski definition) is 12. The van der Waals surface area contributed by atoms with Gasteiger partial charge in [-0.3, -0.25) is 0 Å². The number of aliphatic hydroxyl groups is 5. The summed E-state index contributed by atoms with van der Waals surface area (Å²) in [5, 5.41) is 62.4. The zero-order valence-corrected chi connectivity index (χ0v) is 59.6. The molecule has 7 saturated heterocycles. The van der Waals surface area contributed by atoms with Crippen molar-refractivity contribution in [1.82, 2.24) is 16.0 Å². The third kappa shape index (κ3) is 31.6. The Morgan fingerprint density at radius 1 is 0.475 bits per heavy atom. The number of aliphatic hydroxyl groups excluding tert-OH is 5. The summed E-state index contributed by atoms with van der Waals surface area (Å²) in [4.78, 5) is 10.2. The SMILES string of the molecule is C1OCC2OC12.C[C@H](N)c1ccccc1.C[C@H](NC1COC[C@@H]1O)c1ccccc1.C[C@H](NC1COC[C@@H]1O)c1ccccc1.C[C@H](NC1COC[C@H]1O)c1ccccc1.Cc1ccc(S(=O)(=O)P[O-])cc1.Cc1ccc(S(=O)(=O)[O-])cc1.NN=[NH+][C@H]1COC[C@@H]1O.N[C@H]1COC[C@@H]1O.[HH]. The van der Waals surface area contributed by atoms with E-state index in [0.29, 0.717) is 78.3 Å². The number of nitrogens with zero attached hydrogens (tertiary/aromatic N) is 1. The molecule has 29 heteroatoms. The standard InChI is InChI=1S/3C12H17NO2.C8H11N.C7H8O3PS.C7H8O3S.C4H9N3O2.C4H9NO2.C4H6O2.H2/c3*1-9(10-5-3-2-4-6-10)13-11-7-15-8-12(11)14;1-7(9)8-5-3-2-4-6-8;1-6-2-4-7(5-3-6)12(9,10)11-8;1-6-2-4-7(5-3-6)11(8,9)10;5-7-6-3-1-9-2-4(3)8;5-3-1-7-2-4(3)6;1-3-4(6-3)2-5-1;/h3*2-6,9,11-14H,7-8H2,1H3;2-7H,9H2,1H3;2-5,11H,1H3;2-5H,1H3,(H,8,9,10);3-4,8H,1-2H2,(H2,5,6);3-4,6H,1-2,5H2;3-4H,1-2H2;1H/q;;;;-1;;;;;/t9-,11?,12+;2*9-,11?,12-;7-;;;2*3-,4-;;/m0000..00../s1. The van der Waals surface area contributed by atoms with Crippen molar-refractivity contribution in [2.45, 2.75) is 148 Å². The molecule has 99 heavy (non-hydrogen) atoms. The van der Waals surface area contributed by atoms with Crippen molar-refractivity contribution in [3.8, 4) is 0 Å². The molecule has 7 aliphatic rings. The molecule has 6 unspecified atom stereocenters. The van der Waals surface area contributed by atoms with E-state index in [1.165, 1.54) is 46.5 Å². The maximum absolute atomic E-state index is 11.0. The summed E-state index contributed by atoms with van der Waals surface area (Å²) in [7, 11) is -9.13. The average molecular weight is 1440 g/mol. The zero-order chi connectivity index (χ0) is 72.3. The summed E-state index contributed by atoms with van der Waals surface area (Å²) >= 11 is 0. The van der Waals surface area contributed by atoms with Gasteiger partial charge in [0.1, 0.15) is 28.4 Å². The first-order chi connectivity index (χ1) is 47.3. The van der Waals surface area contributed by atoms with Crippen LogP contribution in [0.2, 0.25) is 0 Å². The minimum atomic E-state index is -4.27. The highest BCUT2D eigenvalue weighted by atomic mass is 32.8. The number of fused-ring (bicyclic) bond motifs is 1. The minimum Gasteiger partial charge on any atom is -0.820 e. The van der Waals surface area contributed by atoms with Crippen LogP contribution in [0, 0.1) is 13.8 Å². The largest absolute Gasteiger partial charge is 0.820 e. The van der Waals surface area contributed by atoms with Crippen LogP contribution >= 0.6 is 8.01 Å². The monoisotopic (exact) mass is 1440 g/mol. The molecule has 17 atom stereocenters. The van der Waals surface area contributed by atoms with Crippen molar-refractivity contribution in [2.24, 2.45) is 22.5 Å². The van der Waals surface area contributed by atoms with Crippen LogP contribution in [0.1, 0.15) is 86.7 Å². The second kappa shape index (κ2) is 44.6. The lowest BCUT2D eigenvalue weighted by Gasteiger charge is -2.20. The number of hydrogen-bond acceptors (Lipinski definition) is 24. The average Bonchev–Trinajstić information content (AvgIpc) is 1.11. The fourth-order valence-electron chi connectivity index (χ4n) is 9.91. The Hall–Kier alpha value is -5.71. The summed E-state index contributed by atoms with van der Waals surface area (Å²) in [6.07, 6.45) is -1.06. The smallest absolute Gasteiger partial charge is 0.177 e. The summed E-state index contributed by atoms with van der Waals surface area (Å²) < 4.78 is 88.5. The molecule has 0 aromatic heterocycles. The Bertz CT molecular complexity index is 3240. The van der Waals surface area contributed by atoms with E-state index in [1.807, 2.05) is 106 Å². The van der Waals surface area contributed by atoms with Crippen molar-refractivity contribution in [1.29, 1.82) is 0 Å². The topological polar surface area (TPSA) is 424 Å². The Labute approximate surface area is 585 Å². The molecular formula is C70H104N8O18PS2-. The van der Waals surface area contributed by atoms with Gasteiger partial charge in [0.2, 0.25) is 0 Å². The molecule has 0 radical (unpaired) electrons. The maximum Gasteiger partial charge on any atom is 0.177 e. The van der Waals surface area contributed by atoms with Crippen LogP contribution in [0.4, 0.5) is 0 Å². The van der Waals surface area contributed by atoms with Gasteiger partial charge in [0.05, 0.1) is 143 Å². The molecule has 7 fully saturated rings. The lowest BCUT2D eigenvalue weighted by molar-refractivity contribution is -0.580. The highest BCUT2D eigenvalue weighted by Gasteiger charge is 2.44. The van der Waals surface area contributed by atoms with E-state index in [1.54, 1.807) is 24.3 Å². The first-order valence-electron chi connectivity index (χ1n) is 32.7. The molecule has 7 aliphatic heterocycles. The van der Waals surface area contributed by atoms with Crippen LogP contribution in [-0.2, 0) is 52.7 Å². The van der Waals surface area contributed by atoms with Gasteiger partial charge in [-0.2, -0.15) is 11.0 Å². The van der Waals surface area contributed by atoms with Gasteiger partial charge < -0.3 is 95.6 Å². The first-order valence-corrected chi connectivity index (χ1v) is 37.2. The molecule has 13 rings (SSSR count). The predicted octanol–water partition coefficient (Wildman–Crippen LogP) is 2.42. The summed E-state index contributed by atoms with van der Waals surface area (Å²) in [5.41, 5.74) is 17.7. The zero-order valence-electron chi connectivity index (χ0n) is 56.9. The number of epoxide rings is 1. The molecule has 550 valence electrons. The first kappa shape index (κ1) is 83.9. The molecular weight excluding hydrogens is 1340 g/mol. The second-order valence-corrected chi connectivity index (χ2v) is 29.5. The molecule has 15 N–H and O–H groups in total.